The highest BCUT2D eigenvalue weighted by molar-refractivity contribution is 5.89. The Hall–Kier alpha value is -2.24. The second-order valence-electron chi connectivity index (χ2n) is 3.30. The fourth-order valence-corrected chi connectivity index (χ4v) is 1.40. The minimum Gasteiger partial charge on any atom is -0.461 e. The Kier molecular flexibility index (Phi) is 2.86. The first-order valence-electron chi connectivity index (χ1n) is 4.98. The number of esters is 1. The van der Waals surface area contributed by atoms with Gasteiger partial charge in [0.1, 0.15) is 5.82 Å². The first-order valence-corrected chi connectivity index (χ1v) is 4.98. The average molecular weight is 236 g/mol. The van der Waals surface area contributed by atoms with E-state index in [0.717, 1.165) is 6.07 Å². The van der Waals surface area contributed by atoms with Crippen LogP contribution in [0, 0.1) is 5.82 Å². The number of nitrogens with one attached hydrogen (secondary N) is 1. The number of nitrogens with zero attached hydrogens (tertiary/aromatic N) is 1. The molecule has 0 spiro atoms. The Balaban J connectivity index is 2.60. The summed E-state index contributed by atoms with van der Waals surface area (Å²) in [5.74, 6) is -1.28. The molecule has 0 saturated heterocycles. The number of H-pyrrole nitrogens is 1. The zero-order chi connectivity index (χ0) is 12.4. The van der Waals surface area contributed by atoms with Crippen LogP contribution in [0.2, 0.25) is 0 Å². The molecular weight excluding hydrogens is 227 g/mol. The zero-order valence-corrected chi connectivity index (χ0v) is 8.99. The molecule has 0 aliphatic rings. The van der Waals surface area contributed by atoms with Crippen LogP contribution in [0.15, 0.2) is 23.0 Å². The van der Waals surface area contributed by atoms with E-state index in [4.69, 9.17) is 0 Å². The van der Waals surface area contributed by atoms with Crippen molar-refractivity contribution >= 4 is 17.0 Å². The molecule has 1 aromatic heterocycles. The summed E-state index contributed by atoms with van der Waals surface area (Å²) < 4.78 is 17.6. The summed E-state index contributed by atoms with van der Waals surface area (Å²) in [6.07, 6.45) is 0. The summed E-state index contributed by atoms with van der Waals surface area (Å²) in [5.41, 5.74) is -0.454. The predicted octanol–water partition coefficient (Wildman–Crippen LogP) is 1.24. The maximum Gasteiger partial charge on any atom is 0.362 e. The molecule has 2 aromatic rings. The number of ether oxygens (including phenoxy) is 1. The van der Waals surface area contributed by atoms with Crippen LogP contribution >= 0.6 is 0 Å². The highest BCUT2D eigenvalue weighted by Crippen LogP contribution is 2.09. The van der Waals surface area contributed by atoms with E-state index in [1.807, 2.05) is 0 Å². The molecule has 5 nitrogen and oxygen atoms in total. The SMILES string of the molecule is CCOC(=O)c1nc2ccc(F)cc2[nH]c1=O. The summed E-state index contributed by atoms with van der Waals surface area (Å²) in [7, 11) is 0. The van der Waals surface area contributed by atoms with Crippen LogP contribution in [-0.2, 0) is 4.74 Å². The van der Waals surface area contributed by atoms with E-state index in [1.165, 1.54) is 12.1 Å². The van der Waals surface area contributed by atoms with E-state index in [0.29, 0.717) is 5.52 Å². The molecule has 6 heteroatoms. The third-order valence-corrected chi connectivity index (χ3v) is 2.12. The third-order valence-electron chi connectivity index (χ3n) is 2.12. The highest BCUT2D eigenvalue weighted by Gasteiger charge is 2.14. The van der Waals surface area contributed by atoms with Crippen molar-refractivity contribution in [3.63, 3.8) is 0 Å². The minimum atomic E-state index is -0.792. The van der Waals surface area contributed by atoms with Gasteiger partial charge in [0.05, 0.1) is 17.6 Å². The lowest BCUT2D eigenvalue weighted by atomic mass is 10.3. The minimum absolute atomic E-state index is 0.154. The van der Waals surface area contributed by atoms with Gasteiger partial charge in [-0.3, -0.25) is 4.79 Å². The van der Waals surface area contributed by atoms with Crippen molar-refractivity contribution in [1.29, 1.82) is 0 Å². The number of hydrogen-bond donors (Lipinski definition) is 1. The van der Waals surface area contributed by atoms with E-state index >= 15 is 0 Å². The molecule has 0 aliphatic heterocycles. The van der Waals surface area contributed by atoms with Gasteiger partial charge in [0, 0.05) is 0 Å². The summed E-state index contributed by atoms with van der Waals surface area (Å²) in [6, 6.07) is 3.71. The Morgan fingerprint density at radius 3 is 3.00 bits per heavy atom. The number of rotatable bonds is 2. The number of fused-ring (bicyclic) bond motifs is 1. The molecule has 0 unspecified atom stereocenters. The van der Waals surface area contributed by atoms with Gasteiger partial charge >= 0.3 is 5.97 Å². The van der Waals surface area contributed by atoms with Crippen LogP contribution in [0.1, 0.15) is 17.4 Å². The van der Waals surface area contributed by atoms with Crippen molar-refractivity contribution in [1.82, 2.24) is 9.97 Å². The van der Waals surface area contributed by atoms with Crippen molar-refractivity contribution in [3.05, 3.63) is 40.1 Å². The molecule has 1 N–H and O–H groups in total. The smallest absolute Gasteiger partial charge is 0.362 e. The molecule has 0 saturated carbocycles. The van der Waals surface area contributed by atoms with Crippen LogP contribution in [-0.4, -0.2) is 22.5 Å². The summed E-state index contributed by atoms with van der Waals surface area (Å²) in [6.45, 7) is 1.78. The molecule has 0 atom stereocenters. The normalized spacial score (nSPS) is 10.5. The lowest BCUT2D eigenvalue weighted by Gasteiger charge is -2.02. The van der Waals surface area contributed by atoms with Gasteiger partial charge in [-0.05, 0) is 25.1 Å². The first-order chi connectivity index (χ1) is 8.11. The van der Waals surface area contributed by atoms with Gasteiger partial charge in [0.2, 0.25) is 5.69 Å². The highest BCUT2D eigenvalue weighted by atomic mass is 19.1. The van der Waals surface area contributed by atoms with Crippen LogP contribution in [0.3, 0.4) is 0 Å². The number of benzene rings is 1. The average Bonchev–Trinajstić information content (AvgIpc) is 2.28. The van der Waals surface area contributed by atoms with Crippen LogP contribution < -0.4 is 5.56 Å². The van der Waals surface area contributed by atoms with Crippen molar-refractivity contribution in [2.45, 2.75) is 6.92 Å². The molecule has 2 rings (SSSR count). The summed E-state index contributed by atoms with van der Waals surface area (Å²) >= 11 is 0. The monoisotopic (exact) mass is 236 g/mol. The number of carbonyl (C=O) groups is 1. The molecule has 17 heavy (non-hydrogen) atoms. The quantitative estimate of drug-likeness (QED) is 0.796. The molecular formula is C11H9FN2O3. The van der Waals surface area contributed by atoms with Crippen LogP contribution in [0.25, 0.3) is 11.0 Å². The zero-order valence-electron chi connectivity index (χ0n) is 8.99. The topological polar surface area (TPSA) is 72.0 Å². The fourth-order valence-electron chi connectivity index (χ4n) is 1.40. The molecule has 0 radical (unpaired) electrons. The Labute approximate surface area is 95.2 Å². The predicted molar refractivity (Wildman–Crippen MR) is 58.3 cm³/mol. The Morgan fingerprint density at radius 1 is 1.53 bits per heavy atom. The number of aromatic amines is 1. The van der Waals surface area contributed by atoms with E-state index in [9.17, 15) is 14.0 Å². The molecule has 0 fully saturated rings. The van der Waals surface area contributed by atoms with E-state index in [1.54, 1.807) is 6.92 Å². The van der Waals surface area contributed by atoms with E-state index < -0.39 is 17.3 Å². The summed E-state index contributed by atoms with van der Waals surface area (Å²) in [4.78, 5) is 29.1. The number of hydrogen-bond acceptors (Lipinski definition) is 4. The van der Waals surface area contributed by atoms with E-state index in [-0.39, 0.29) is 17.8 Å². The van der Waals surface area contributed by atoms with Gasteiger partial charge < -0.3 is 9.72 Å². The van der Waals surface area contributed by atoms with Crippen molar-refractivity contribution in [3.8, 4) is 0 Å². The molecule has 88 valence electrons. The van der Waals surface area contributed by atoms with Crippen LogP contribution in [0.4, 0.5) is 4.39 Å². The standard InChI is InChI=1S/C11H9FN2O3/c1-2-17-11(16)9-10(15)14-8-5-6(12)3-4-7(8)13-9/h3-5H,2H2,1H3,(H,14,15). The lowest BCUT2D eigenvalue weighted by molar-refractivity contribution is 0.0517. The second-order valence-corrected chi connectivity index (χ2v) is 3.30. The van der Waals surface area contributed by atoms with Crippen molar-refractivity contribution in [2.75, 3.05) is 6.61 Å². The second kappa shape index (κ2) is 4.32. The Bertz CT molecular complexity index is 636. The third kappa shape index (κ3) is 2.15. The number of halogens is 1. The first kappa shape index (κ1) is 11.3. The number of aromatic nitrogens is 2. The number of carbonyl (C=O) groups excluding carboxylic acids is 1. The van der Waals surface area contributed by atoms with Gasteiger partial charge in [-0.25, -0.2) is 14.2 Å². The largest absolute Gasteiger partial charge is 0.461 e. The molecule has 0 aliphatic carbocycles. The van der Waals surface area contributed by atoms with Crippen LogP contribution in [0.5, 0.6) is 0 Å². The summed E-state index contributed by atoms with van der Waals surface area (Å²) in [5, 5.41) is 0. The van der Waals surface area contributed by atoms with Gasteiger partial charge in [0.25, 0.3) is 5.56 Å². The lowest BCUT2D eigenvalue weighted by Crippen LogP contribution is -2.22. The maximum atomic E-state index is 12.9. The fraction of sp³-hybridized carbons (Fsp3) is 0.182. The molecule has 0 bridgehead atoms. The van der Waals surface area contributed by atoms with Crippen molar-refractivity contribution < 1.29 is 13.9 Å². The van der Waals surface area contributed by atoms with Crippen molar-refractivity contribution in [2.24, 2.45) is 0 Å². The molecule has 0 amide bonds. The van der Waals surface area contributed by atoms with Gasteiger partial charge in [-0.2, -0.15) is 0 Å². The van der Waals surface area contributed by atoms with Gasteiger partial charge in [0.15, 0.2) is 0 Å². The van der Waals surface area contributed by atoms with E-state index in [2.05, 4.69) is 14.7 Å². The maximum absolute atomic E-state index is 12.9. The molecule has 1 heterocycles. The van der Waals surface area contributed by atoms with Gasteiger partial charge in [-0.1, -0.05) is 0 Å². The van der Waals surface area contributed by atoms with Gasteiger partial charge in [-0.15, -0.1) is 0 Å². The Morgan fingerprint density at radius 2 is 2.29 bits per heavy atom. The molecule has 1 aromatic carbocycles.